The first-order valence-electron chi connectivity index (χ1n) is 7.95. The average molecular weight is 340 g/mol. The standard InChI is InChI=1S/C17H28N2O3S/c1-7-8-14(4)18-17(20)15(5)19(23(6,21)22)16-11-12(2)9-10-13(16)3/h9-11,14-15H,7-8H2,1-6H3,(H,18,20)/t14-,15+/m0/s1. The normalized spacial score (nSPS) is 14.2. The quantitative estimate of drug-likeness (QED) is 0.830. The minimum atomic E-state index is -3.58. The number of rotatable bonds is 7. The number of benzene rings is 1. The van der Waals surface area contributed by atoms with Crippen LogP contribution in [0.4, 0.5) is 5.69 Å². The molecule has 130 valence electrons. The summed E-state index contributed by atoms with van der Waals surface area (Å²) < 4.78 is 25.8. The van der Waals surface area contributed by atoms with E-state index in [1.165, 1.54) is 4.31 Å². The molecule has 0 aliphatic carbocycles. The number of carbonyl (C=O) groups is 1. The number of amides is 1. The second kappa shape index (κ2) is 7.81. The number of nitrogens with zero attached hydrogens (tertiary/aromatic N) is 1. The van der Waals surface area contributed by atoms with Gasteiger partial charge < -0.3 is 5.32 Å². The van der Waals surface area contributed by atoms with Crippen LogP contribution in [-0.4, -0.2) is 32.7 Å². The first kappa shape index (κ1) is 19.5. The van der Waals surface area contributed by atoms with Gasteiger partial charge in [-0.1, -0.05) is 25.5 Å². The number of hydrogen-bond acceptors (Lipinski definition) is 3. The molecule has 23 heavy (non-hydrogen) atoms. The maximum atomic E-state index is 12.5. The maximum absolute atomic E-state index is 12.5. The smallest absolute Gasteiger partial charge is 0.243 e. The van der Waals surface area contributed by atoms with E-state index in [0.29, 0.717) is 5.69 Å². The summed E-state index contributed by atoms with van der Waals surface area (Å²) in [7, 11) is -3.58. The van der Waals surface area contributed by atoms with Gasteiger partial charge in [-0.05, 0) is 51.3 Å². The molecule has 0 bridgehead atoms. The van der Waals surface area contributed by atoms with Crippen molar-refractivity contribution in [3.05, 3.63) is 29.3 Å². The van der Waals surface area contributed by atoms with Crippen LogP contribution in [0.1, 0.15) is 44.7 Å². The highest BCUT2D eigenvalue weighted by molar-refractivity contribution is 7.92. The Balaban J connectivity index is 3.17. The summed E-state index contributed by atoms with van der Waals surface area (Å²) in [6, 6.07) is 4.82. The van der Waals surface area contributed by atoms with Crippen molar-refractivity contribution in [2.24, 2.45) is 0 Å². The molecule has 0 spiro atoms. The molecule has 1 amide bonds. The molecule has 0 saturated carbocycles. The van der Waals surface area contributed by atoms with Gasteiger partial charge in [-0.3, -0.25) is 9.10 Å². The van der Waals surface area contributed by atoms with Crippen LogP contribution in [0.5, 0.6) is 0 Å². The number of nitrogens with one attached hydrogen (secondary N) is 1. The van der Waals surface area contributed by atoms with E-state index in [1.807, 2.05) is 39.8 Å². The van der Waals surface area contributed by atoms with E-state index in [2.05, 4.69) is 5.32 Å². The van der Waals surface area contributed by atoms with Crippen molar-refractivity contribution in [2.45, 2.75) is 59.5 Å². The van der Waals surface area contributed by atoms with Gasteiger partial charge in [0, 0.05) is 6.04 Å². The fourth-order valence-corrected chi connectivity index (χ4v) is 3.83. The molecule has 0 saturated heterocycles. The van der Waals surface area contributed by atoms with Crippen LogP contribution < -0.4 is 9.62 Å². The lowest BCUT2D eigenvalue weighted by molar-refractivity contribution is -0.122. The third-order valence-corrected chi connectivity index (χ3v) is 5.03. The molecule has 0 fully saturated rings. The highest BCUT2D eigenvalue weighted by Gasteiger charge is 2.30. The summed E-state index contributed by atoms with van der Waals surface area (Å²) >= 11 is 0. The molecular weight excluding hydrogens is 312 g/mol. The van der Waals surface area contributed by atoms with Gasteiger partial charge in [0.15, 0.2) is 0 Å². The Morgan fingerprint density at radius 1 is 1.26 bits per heavy atom. The Morgan fingerprint density at radius 3 is 2.39 bits per heavy atom. The van der Waals surface area contributed by atoms with Gasteiger partial charge in [-0.15, -0.1) is 0 Å². The van der Waals surface area contributed by atoms with E-state index in [0.717, 1.165) is 30.2 Å². The Labute approximate surface area is 140 Å². The minimum absolute atomic E-state index is 0.0231. The topological polar surface area (TPSA) is 66.5 Å². The summed E-state index contributed by atoms with van der Waals surface area (Å²) in [5.74, 6) is -0.280. The summed E-state index contributed by atoms with van der Waals surface area (Å²) in [5, 5.41) is 2.89. The third kappa shape index (κ3) is 5.23. The summed E-state index contributed by atoms with van der Waals surface area (Å²) in [4.78, 5) is 12.5. The van der Waals surface area contributed by atoms with Crippen LogP contribution >= 0.6 is 0 Å². The third-order valence-electron chi connectivity index (χ3n) is 3.80. The zero-order chi connectivity index (χ0) is 17.8. The van der Waals surface area contributed by atoms with Crippen molar-refractivity contribution >= 4 is 21.6 Å². The Hall–Kier alpha value is -1.56. The fraction of sp³-hybridized carbons (Fsp3) is 0.588. The molecule has 0 aromatic heterocycles. The molecule has 1 rings (SSSR count). The van der Waals surface area contributed by atoms with Crippen molar-refractivity contribution in [1.29, 1.82) is 0 Å². The van der Waals surface area contributed by atoms with Crippen LogP contribution in [0.3, 0.4) is 0 Å². The van der Waals surface area contributed by atoms with Gasteiger partial charge in [0.1, 0.15) is 6.04 Å². The minimum Gasteiger partial charge on any atom is -0.352 e. The SMILES string of the molecule is CCC[C@H](C)NC(=O)[C@@H](C)N(c1cc(C)ccc1C)S(C)(=O)=O. The second-order valence-electron chi connectivity index (χ2n) is 6.22. The highest BCUT2D eigenvalue weighted by Crippen LogP contribution is 2.26. The molecule has 0 unspecified atom stereocenters. The molecule has 0 aliphatic heterocycles. The zero-order valence-corrected chi connectivity index (χ0v) is 15.7. The molecule has 0 aliphatic rings. The van der Waals surface area contributed by atoms with Gasteiger partial charge >= 0.3 is 0 Å². The molecule has 5 nitrogen and oxygen atoms in total. The first-order valence-corrected chi connectivity index (χ1v) is 9.79. The van der Waals surface area contributed by atoms with E-state index in [-0.39, 0.29) is 11.9 Å². The lowest BCUT2D eigenvalue weighted by Crippen LogP contribution is -2.50. The maximum Gasteiger partial charge on any atom is 0.243 e. The van der Waals surface area contributed by atoms with Gasteiger partial charge in [0.25, 0.3) is 0 Å². The molecule has 0 radical (unpaired) electrons. The van der Waals surface area contributed by atoms with Crippen LogP contribution in [0, 0.1) is 13.8 Å². The van der Waals surface area contributed by atoms with E-state index in [9.17, 15) is 13.2 Å². The highest BCUT2D eigenvalue weighted by atomic mass is 32.2. The Morgan fingerprint density at radius 2 is 1.87 bits per heavy atom. The van der Waals surface area contributed by atoms with Crippen molar-refractivity contribution in [3.63, 3.8) is 0 Å². The molecule has 1 N–H and O–H groups in total. The number of hydrogen-bond donors (Lipinski definition) is 1. The second-order valence-corrected chi connectivity index (χ2v) is 8.08. The molecular formula is C17H28N2O3S. The fourth-order valence-electron chi connectivity index (χ4n) is 2.61. The van der Waals surface area contributed by atoms with Crippen LogP contribution in [-0.2, 0) is 14.8 Å². The number of sulfonamides is 1. The largest absolute Gasteiger partial charge is 0.352 e. The van der Waals surface area contributed by atoms with Gasteiger partial charge in [0.05, 0.1) is 11.9 Å². The van der Waals surface area contributed by atoms with E-state index >= 15 is 0 Å². The number of aryl methyl sites for hydroxylation is 2. The summed E-state index contributed by atoms with van der Waals surface area (Å²) in [6.07, 6.45) is 2.96. The van der Waals surface area contributed by atoms with Crippen LogP contribution in [0.15, 0.2) is 18.2 Å². The molecule has 6 heteroatoms. The predicted octanol–water partition coefficient (Wildman–Crippen LogP) is 2.76. The van der Waals surface area contributed by atoms with Crippen molar-refractivity contribution in [1.82, 2.24) is 5.32 Å². The molecule has 0 heterocycles. The number of carbonyl (C=O) groups excluding carboxylic acids is 1. The lowest BCUT2D eigenvalue weighted by atomic mass is 10.1. The zero-order valence-electron chi connectivity index (χ0n) is 14.9. The van der Waals surface area contributed by atoms with Crippen LogP contribution in [0.25, 0.3) is 0 Å². The summed E-state index contributed by atoms with van der Waals surface area (Å²) in [5.41, 5.74) is 2.33. The van der Waals surface area contributed by atoms with Crippen molar-refractivity contribution in [2.75, 3.05) is 10.6 Å². The lowest BCUT2D eigenvalue weighted by Gasteiger charge is -2.30. The first-order chi connectivity index (χ1) is 10.6. The molecule has 2 atom stereocenters. The Kier molecular flexibility index (Phi) is 6.62. The predicted molar refractivity (Wildman–Crippen MR) is 95.2 cm³/mol. The number of anilines is 1. The van der Waals surface area contributed by atoms with Crippen LogP contribution in [0.2, 0.25) is 0 Å². The van der Waals surface area contributed by atoms with Crippen molar-refractivity contribution < 1.29 is 13.2 Å². The Bertz CT molecular complexity index is 656. The summed E-state index contributed by atoms with van der Waals surface area (Å²) in [6.45, 7) is 9.34. The monoisotopic (exact) mass is 340 g/mol. The van der Waals surface area contributed by atoms with E-state index < -0.39 is 16.1 Å². The molecule has 1 aromatic carbocycles. The van der Waals surface area contributed by atoms with Crippen molar-refractivity contribution in [3.8, 4) is 0 Å². The van der Waals surface area contributed by atoms with E-state index in [4.69, 9.17) is 0 Å². The van der Waals surface area contributed by atoms with E-state index in [1.54, 1.807) is 13.0 Å². The van der Waals surface area contributed by atoms with Gasteiger partial charge in [0.2, 0.25) is 15.9 Å². The van der Waals surface area contributed by atoms with Gasteiger partial charge in [-0.2, -0.15) is 0 Å². The molecule has 1 aromatic rings. The average Bonchev–Trinajstić information content (AvgIpc) is 2.41. The van der Waals surface area contributed by atoms with Gasteiger partial charge in [-0.25, -0.2) is 8.42 Å².